The molecule has 2 atom stereocenters. The number of hydrogen-bond donors (Lipinski definition) is 1. The molecule has 2 aliphatic heterocycles. The molecule has 2 fully saturated rings. The van der Waals surface area contributed by atoms with E-state index >= 15 is 0 Å². The molecule has 0 radical (unpaired) electrons. The lowest BCUT2D eigenvalue weighted by Crippen LogP contribution is -2.50. The van der Waals surface area contributed by atoms with Crippen LogP contribution >= 0.6 is 0 Å². The number of nitrogens with one attached hydrogen (secondary N) is 1. The van der Waals surface area contributed by atoms with Crippen molar-refractivity contribution < 1.29 is 0 Å². The third-order valence-electron chi connectivity index (χ3n) is 3.73. The van der Waals surface area contributed by atoms with Gasteiger partial charge in [-0.15, -0.1) is 0 Å². The van der Waals surface area contributed by atoms with E-state index in [1.54, 1.807) is 0 Å². The lowest BCUT2D eigenvalue weighted by atomic mass is 9.86. The largest absolute Gasteiger partial charge is 0.316 e. The second kappa shape index (κ2) is 3.82. The highest BCUT2D eigenvalue weighted by molar-refractivity contribution is 4.88. The van der Waals surface area contributed by atoms with Crippen molar-refractivity contribution in [1.82, 2.24) is 10.2 Å². The zero-order valence-electron chi connectivity index (χ0n) is 9.84. The van der Waals surface area contributed by atoms with Gasteiger partial charge in [-0.1, -0.05) is 0 Å². The van der Waals surface area contributed by atoms with Crippen LogP contribution in [-0.2, 0) is 0 Å². The molecule has 0 spiro atoms. The Labute approximate surface area is 88.1 Å². The van der Waals surface area contributed by atoms with Crippen molar-refractivity contribution in [2.75, 3.05) is 26.2 Å². The molecule has 82 valence electrons. The van der Waals surface area contributed by atoms with Crippen LogP contribution in [0.15, 0.2) is 0 Å². The minimum Gasteiger partial charge on any atom is -0.316 e. The zero-order valence-corrected chi connectivity index (χ0v) is 9.84. The zero-order chi connectivity index (χ0) is 10.2. The van der Waals surface area contributed by atoms with Crippen molar-refractivity contribution in [3.8, 4) is 0 Å². The van der Waals surface area contributed by atoms with Crippen molar-refractivity contribution >= 4 is 0 Å². The van der Waals surface area contributed by atoms with E-state index in [-0.39, 0.29) is 0 Å². The van der Waals surface area contributed by atoms with Crippen molar-refractivity contribution in [2.45, 2.75) is 39.2 Å². The predicted molar refractivity (Wildman–Crippen MR) is 60.4 cm³/mol. The van der Waals surface area contributed by atoms with Crippen molar-refractivity contribution in [3.05, 3.63) is 0 Å². The molecule has 2 unspecified atom stereocenters. The maximum atomic E-state index is 3.56. The van der Waals surface area contributed by atoms with Gasteiger partial charge >= 0.3 is 0 Å². The molecular weight excluding hydrogens is 172 g/mol. The Hall–Kier alpha value is -0.0800. The third kappa shape index (κ3) is 2.29. The Kier molecular flexibility index (Phi) is 2.85. The lowest BCUT2D eigenvalue weighted by Gasteiger charge is -2.44. The van der Waals surface area contributed by atoms with E-state index in [0.717, 1.165) is 11.8 Å². The quantitative estimate of drug-likeness (QED) is 0.634. The molecule has 1 N–H and O–H groups in total. The maximum absolute atomic E-state index is 3.56. The van der Waals surface area contributed by atoms with Crippen LogP contribution < -0.4 is 5.32 Å². The lowest BCUT2D eigenvalue weighted by molar-refractivity contribution is 0.0521. The van der Waals surface area contributed by atoms with Gasteiger partial charge in [0.2, 0.25) is 0 Å². The summed E-state index contributed by atoms with van der Waals surface area (Å²) in [6.07, 6.45) is 2.84. The fourth-order valence-electron chi connectivity index (χ4n) is 2.84. The monoisotopic (exact) mass is 196 g/mol. The van der Waals surface area contributed by atoms with Crippen molar-refractivity contribution in [3.63, 3.8) is 0 Å². The number of fused-ring (bicyclic) bond motifs is 2. The highest BCUT2D eigenvalue weighted by Crippen LogP contribution is 2.30. The Bertz CT molecular complexity index is 181. The summed E-state index contributed by atoms with van der Waals surface area (Å²) in [7, 11) is 0. The molecule has 0 saturated carbocycles. The van der Waals surface area contributed by atoms with Crippen LogP contribution in [-0.4, -0.2) is 36.6 Å². The minimum atomic E-state index is 0.362. The van der Waals surface area contributed by atoms with E-state index in [1.807, 2.05) is 0 Å². The van der Waals surface area contributed by atoms with E-state index in [1.165, 1.54) is 39.0 Å². The summed E-state index contributed by atoms with van der Waals surface area (Å²) in [6, 6.07) is 0. The van der Waals surface area contributed by atoms with Crippen LogP contribution in [0, 0.1) is 11.8 Å². The summed E-state index contributed by atoms with van der Waals surface area (Å²) in [5, 5.41) is 3.56. The van der Waals surface area contributed by atoms with Crippen LogP contribution in [0.5, 0.6) is 0 Å². The fourth-order valence-corrected chi connectivity index (χ4v) is 2.84. The van der Waals surface area contributed by atoms with Crippen LogP contribution in [0.2, 0.25) is 0 Å². The molecule has 2 bridgehead atoms. The van der Waals surface area contributed by atoms with Crippen LogP contribution in [0.3, 0.4) is 0 Å². The van der Waals surface area contributed by atoms with Gasteiger partial charge in [-0.05, 0) is 58.5 Å². The van der Waals surface area contributed by atoms with Gasteiger partial charge in [0.05, 0.1) is 0 Å². The van der Waals surface area contributed by atoms with E-state index < -0.39 is 0 Å². The smallest absolute Gasteiger partial charge is 0.0125 e. The Balaban J connectivity index is 2.03. The molecule has 14 heavy (non-hydrogen) atoms. The molecule has 2 aliphatic rings. The fraction of sp³-hybridized carbons (Fsp3) is 1.00. The van der Waals surface area contributed by atoms with Crippen LogP contribution in [0.25, 0.3) is 0 Å². The predicted octanol–water partition coefficient (Wildman–Crippen LogP) is 1.72. The molecule has 2 heteroatoms. The average Bonchev–Trinajstić information content (AvgIpc) is 2.25. The van der Waals surface area contributed by atoms with Gasteiger partial charge in [0.1, 0.15) is 0 Å². The molecule has 2 saturated heterocycles. The first kappa shape index (κ1) is 10.4. The molecule has 0 aromatic carbocycles. The van der Waals surface area contributed by atoms with E-state index in [9.17, 15) is 0 Å². The van der Waals surface area contributed by atoms with E-state index in [0.29, 0.717) is 5.54 Å². The summed E-state index contributed by atoms with van der Waals surface area (Å²) in [5.41, 5.74) is 0.362. The number of rotatable bonds is 0. The van der Waals surface area contributed by atoms with Gasteiger partial charge in [0.25, 0.3) is 0 Å². The summed E-state index contributed by atoms with van der Waals surface area (Å²) in [5.74, 6) is 1.85. The molecule has 2 rings (SSSR count). The highest BCUT2D eigenvalue weighted by Gasteiger charge is 2.33. The third-order valence-corrected chi connectivity index (χ3v) is 3.73. The van der Waals surface area contributed by atoms with Gasteiger partial charge in [-0.2, -0.15) is 0 Å². The molecule has 0 aromatic heterocycles. The average molecular weight is 196 g/mol. The number of nitrogens with zero attached hydrogens (tertiary/aromatic N) is 1. The molecule has 0 aromatic rings. The molecule has 2 nitrogen and oxygen atoms in total. The Morgan fingerprint density at radius 3 is 2.57 bits per heavy atom. The summed E-state index contributed by atoms with van der Waals surface area (Å²) < 4.78 is 0. The number of likely N-dealkylation sites (tertiary alicyclic amines) is 1. The van der Waals surface area contributed by atoms with Gasteiger partial charge in [-0.3, -0.25) is 4.90 Å². The van der Waals surface area contributed by atoms with Crippen molar-refractivity contribution in [1.29, 1.82) is 0 Å². The Morgan fingerprint density at radius 1 is 1.14 bits per heavy atom. The number of piperidine rings is 1. The van der Waals surface area contributed by atoms with Gasteiger partial charge in [0.15, 0.2) is 0 Å². The van der Waals surface area contributed by atoms with Crippen LogP contribution in [0.4, 0.5) is 0 Å². The first-order valence-electron chi connectivity index (χ1n) is 6.01. The maximum Gasteiger partial charge on any atom is 0.0125 e. The molecule has 0 amide bonds. The van der Waals surface area contributed by atoms with E-state index in [4.69, 9.17) is 0 Å². The van der Waals surface area contributed by atoms with E-state index in [2.05, 4.69) is 31.0 Å². The molecular formula is C12H24N2. The topological polar surface area (TPSA) is 15.3 Å². The first-order valence-corrected chi connectivity index (χ1v) is 6.01. The summed E-state index contributed by atoms with van der Waals surface area (Å²) >= 11 is 0. The second-order valence-corrected chi connectivity index (χ2v) is 6.04. The number of hydrogen-bond acceptors (Lipinski definition) is 2. The van der Waals surface area contributed by atoms with Gasteiger partial charge in [0, 0.05) is 18.6 Å². The normalized spacial score (nSPS) is 35.4. The SMILES string of the molecule is CC(C)(C)N1CC2CCNCC(C2)C1. The molecule has 2 heterocycles. The minimum absolute atomic E-state index is 0.362. The summed E-state index contributed by atoms with van der Waals surface area (Å²) in [4.78, 5) is 2.68. The van der Waals surface area contributed by atoms with Gasteiger partial charge < -0.3 is 5.32 Å². The summed E-state index contributed by atoms with van der Waals surface area (Å²) in [6.45, 7) is 12.1. The van der Waals surface area contributed by atoms with Gasteiger partial charge in [-0.25, -0.2) is 0 Å². The first-order chi connectivity index (χ1) is 6.55. The Morgan fingerprint density at radius 2 is 1.86 bits per heavy atom. The van der Waals surface area contributed by atoms with Crippen LogP contribution in [0.1, 0.15) is 33.6 Å². The standard InChI is InChI=1S/C12H24N2/c1-12(2,3)14-8-10-4-5-13-7-11(6-10)9-14/h10-11,13H,4-9H2,1-3H3. The second-order valence-electron chi connectivity index (χ2n) is 6.04. The molecule has 0 aliphatic carbocycles. The van der Waals surface area contributed by atoms with Crippen molar-refractivity contribution in [2.24, 2.45) is 11.8 Å². The highest BCUT2D eigenvalue weighted by atomic mass is 15.2.